The van der Waals surface area contributed by atoms with Crippen LogP contribution >= 0.6 is 34.2 Å². The van der Waals surface area contributed by atoms with Gasteiger partial charge in [0.05, 0.1) is 0 Å². The van der Waals surface area contributed by atoms with Crippen LogP contribution in [0.3, 0.4) is 0 Å². The maximum absolute atomic E-state index is 5.53. The van der Waals surface area contributed by atoms with Gasteiger partial charge in [0.15, 0.2) is 0 Å². The van der Waals surface area contributed by atoms with Crippen LogP contribution in [-0.2, 0) is 0 Å². The third-order valence-electron chi connectivity index (χ3n) is 1.26. The molecule has 0 saturated carbocycles. The van der Waals surface area contributed by atoms with E-state index in [2.05, 4.69) is 32.6 Å². The molecule has 14 heavy (non-hydrogen) atoms. The summed E-state index contributed by atoms with van der Waals surface area (Å²) in [6.07, 6.45) is 5.18. The van der Waals surface area contributed by atoms with Gasteiger partial charge in [-0.15, -0.1) is 0 Å². The highest BCUT2D eigenvalue weighted by Crippen LogP contribution is 2.08. The number of aromatic nitrogens is 2. The lowest BCUT2D eigenvalue weighted by Gasteiger charge is -1.86. The van der Waals surface area contributed by atoms with E-state index in [1.54, 1.807) is 18.6 Å². The second-order valence-electron chi connectivity index (χ2n) is 2.32. The van der Waals surface area contributed by atoms with Crippen LogP contribution in [0, 0.1) is 3.57 Å². The summed E-state index contributed by atoms with van der Waals surface area (Å²) < 4.78 is 1.11. The SMILES string of the molecule is Clc1cc(I)ccn1.c1ccncc1. The van der Waals surface area contributed by atoms with Crippen LogP contribution in [-0.4, -0.2) is 9.97 Å². The molecule has 0 radical (unpaired) electrons. The van der Waals surface area contributed by atoms with E-state index in [4.69, 9.17) is 11.6 Å². The molecule has 72 valence electrons. The summed E-state index contributed by atoms with van der Waals surface area (Å²) >= 11 is 7.71. The van der Waals surface area contributed by atoms with Gasteiger partial charge in [0.1, 0.15) is 5.15 Å². The maximum atomic E-state index is 5.53. The summed E-state index contributed by atoms with van der Waals surface area (Å²) in [5, 5.41) is 0.553. The van der Waals surface area contributed by atoms with Crippen molar-refractivity contribution in [1.29, 1.82) is 0 Å². The zero-order chi connectivity index (χ0) is 10.2. The molecule has 0 fully saturated rings. The molecule has 0 aliphatic carbocycles. The molecule has 0 bridgehead atoms. The predicted octanol–water partition coefficient (Wildman–Crippen LogP) is 3.42. The van der Waals surface area contributed by atoms with E-state index >= 15 is 0 Å². The number of pyridine rings is 2. The fraction of sp³-hybridized carbons (Fsp3) is 0. The second kappa shape index (κ2) is 6.73. The molecule has 2 aromatic heterocycles. The highest BCUT2D eigenvalue weighted by Gasteiger charge is 1.85. The van der Waals surface area contributed by atoms with Crippen molar-refractivity contribution in [2.24, 2.45) is 0 Å². The van der Waals surface area contributed by atoms with Crippen LogP contribution in [0.4, 0.5) is 0 Å². The number of rotatable bonds is 0. The van der Waals surface area contributed by atoms with E-state index in [0.717, 1.165) is 3.57 Å². The minimum Gasteiger partial charge on any atom is -0.265 e. The number of nitrogens with zero attached hydrogens (tertiary/aromatic N) is 2. The van der Waals surface area contributed by atoms with E-state index < -0.39 is 0 Å². The Labute approximate surface area is 101 Å². The van der Waals surface area contributed by atoms with Gasteiger partial charge >= 0.3 is 0 Å². The van der Waals surface area contributed by atoms with Crippen LogP contribution < -0.4 is 0 Å². The lowest BCUT2D eigenvalue weighted by atomic mass is 10.5. The van der Waals surface area contributed by atoms with Crippen LogP contribution in [0.1, 0.15) is 0 Å². The standard InChI is InChI=1S/C5H3ClIN.C5H5N/c6-5-3-4(7)1-2-8-5;1-2-4-6-5-3-1/h1-3H;1-5H. The van der Waals surface area contributed by atoms with Gasteiger partial charge < -0.3 is 0 Å². The molecular formula is C10H8ClIN2. The monoisotopic (exact) mass is 318 g/mol. The Morgan fingerprint density at radius 1 is 1.07 bits per heavy atom. The summed E-state index contributed by atoms with van der Waals surface area (Å²) in [6.45, 7) is 0. The Balaban J connectivity index is 0.000000146. The summed E-state index contributed by atoms with van der Waals surface area (Å²) in [5.74, 6) is 0. The third-order valence-corrected chi connectivity index (χ3v) is 2.13. The smallest absolute Gasteiger partial charge is 0.130 e. The second-order valence-corrected chi connectivity index (χ2v) is 3.95. The summed E-state index contributed by atoms with van der Waals surface area (Å²) in [6, 6.07) is 9.42. The van der Waals surface area contributed by atoms with Gasteiger partial charge in [0, 0.05) is 22.2 Å². The molecule has 0 aliphatic rings. The van der Waals surface area contributed by atoms with E-state index in [1.165, 1.54) is 0 Å². The van der Waals surface area contributed by atoms with Crippen molar-refractivity contribution in [3.63, 3.8) is 0 Å². The third kappa shape index (κ3) is 5.14. The lowest BCUT2D eigenvalue weighted by Crippen LogP contribution is -1.72. The quantitative estimate of drug-likeness (QED) is 0.549. The molecule has 2 rings (SSSR count). The zero-order valence-corrected chi connectivity index (χ0v) is 10.2. The number of hydrogen-bond donors (Lipinski definition) is 0. The largest absolute Gasteiger partial charge is 0.265 e. The first-order chi connectivity index (χ1) is 6.79. The van der Waals surface area contributed by atoms with Gasteiger partial charge in [-0.1, -0.05) is 17.7 Å². The summed E-state index contributed by atoms with van der Waals surface area (Å²) in [4.78, 5) is 7.59. The van der Waals surface area contributed by atoms with Crippen molar-refractivity contribution in [2.45, 2.75) is 0 Å². The molecule has 0 N–H and O–H groups in total. The molecule has 0 spiro atoms. The van der Waals surface area contributed by atoms with Gasteiger partial charge in [-0.3, -0.25) is 4.98 Å². The van der Waals surface area contributed by atoms with Crippen molar-refractivity contribution in [1.82, 2.24) is 9.97 Å². The van der Waals surface area contributed by atoms with Crippen molar-refractivity contribution in [3.8, 4) is 0 Å². The van der Waals surface area contributed by atoms with Crippen LogP contribution in [0.25, 0.3) is 0 Å². The highest BCUT2D eigenvalue weighted by molar-refractivity contribution is 14.1. The van der Waals surface area contributed by atoms with E-state index in [1.807, 2.05) is 30.3 Å². The summed E-state index contributed by atoms with van der Waals surface area (Å²) in [5.41, 5.74) is 0. The predicted molar refractivity (Wildman–Crippen MR) is 66.2 cm³/mol. The molecule has 2 aromatic rings. The minimum atomic E-state index is 0.553. The molecular weight excluding hydrogens is 310 g/mol. The maximum Gasteiger partial charge on any atom is 0.130 e. The topological polar surface area (TPSA) is 25.8 Å². The van der Waals surface area contributed by atoms with E-state index in [9.17, 15) is 0 Å². The Morgan fingerprint density at radius 3 is 2.07 bits per heavy atom. The first kappa shape index (κ1) is 11.4. The van der Waals surface area contributed by atoms with Gasteiger partial charge in [0.25, 0.3) is 0 Å². The molecule has 0 saturated heterocycles. The Morgan fingerprint density at radius 2 is 1.79 bits per heavy atom. The average Bonchev–Trinajstić information content (AvgIpc) is 2.21. The highest BCUT2D eigenvalue weighted by atomic mass is 127. The van der Waals surface area contributed by atoms with Gasteiger partial charge in [-0.25, -0.2) is 4.98 Å². The summed E-state index contributed by atoms with van der Waals surface area (Å²) in [7, 11) is 0. The van der Waals surface area contributed by atoms with Crippen molar-refractivity contribution < 1.29 is 0 Å². The van der Waals surface area contributed by atoms with E-state index in [-0.39, 0.29) is 0 Å². The molecule has 0 aliphatic heterocycles. The van der Waals surface area contributed by atoms with Gasteiger partial charge in [-0.05, 0) is 46.9 Å². The van der Waals surface area contributed by atoms with E-state index in [0.29, 0.717) is 5.15 Å². The van der Waals surface area contributed by atoms with Crippen LogP contribution in [0.15, 0.2) is 48.9 Å². The molecule has 4 heteroatoms. The molecule has 0 amide bonds. The molecule has 2 heterocycles. The first-order valence-corrected chi connectivity index (χ1v) is 5.37. The Kier molecular flexibility index (Phi) is 5.47. The first-order valence-electron chi connectivity index (χ1n) is 3.91. The van der Waals surface area contributed by atoms with Gasteiger partial charge in [0.2, 0.25) is 0 Å². The minimum absolute atomic E-state index is 0.553. The molecule has 0 aromatic carbocycles. The van der Waals surface area contributed by atoms with Gasteiger partial charge in [-0.2, -0.15) is 0 Å². The number of halogens is 2. The van der Waals surface area contributed by atoms with Crippen LogP contribution in [0.2, 0.25) is 5.15 Å². The van der Waals surface area contributed by atoms with Crippen molar-refractivity contribution >= 4 is 34.2 Å². The fourth-order valence-corrected chi connectivity index (χ4v) is 1.51. The van der Waals surface area contributed by atoms with Crippen molar-refractivity contribution in [2.75, 3.05) is 0 Å². The fourth-order valence-electron chi connectivity index (χ4n) is 0.691. The number of hydrogen-bond acceptors (Lipinski definition) is 2. The van der Waals surface area contributed by atoms with Crippen molar-refractivity contribution in [3.05, 3.63) is 57.6 Å². The lowest BCUT2D eigenvalue weighted by molar-refractivity contribution is 1.32. The van der Waals surface area contributed by atoms with Crippen LogP contribution in [0.5, 0.6) is 0 Å². The molecule has 2 nitrogen and oxygen atoms in total. The Hall–Kier alpha value is -0.680. The molecule has 0 atom stereocenters. The zero-order valence-electron chi connectivity index (χ0n) is 7.27. The Bertz CT molecular complexity index is 324. The average molecular weight is 319 g/mol. The normalized spacial score (nSPS) is 8.71. The molecule has 0 unspecified atom stereocenters.